The molecule has 0 amide bonds. The molecule has 19 heavy (non-hydrogen) atoms. The Bertz CT molecular complexity index is 381. The van der Waals surface area contributed by atoms with Gasteiger partial charge in [-0.15, -0.1) is 0 Å². The summed E-state index contributed by atoms with van der Waals surface area (Å²) in [4.78, 5) is 2.36. The van der Waals surface area contributed by atoms with E-state index in [1.165, 1.54) is 18.9 Å². The van der Waals surface area contributed by atoms with Crippen LogP contribution in [0.25, 0.3) is 0 Å². The summed E-state index contributed by atoms with van der Waals surface area (Å²) in [6.45, 7) is 2.79. The van der Waals surface area contributed by atoms with Gasteiger partial charge in [0, 0.05) is 13.1 Å². The number of halogens is 2. The van der Waals surface area contributed by atoms with Gasteiger partial charge in [0.25, 0.3) is 0 Å². The van der Waals surface area contributed by atoms with Gasteiger partial charge in [-0.2, -0.15) is 0 Å². The van der Waals surface area contributed by atoms with Crippen LogP contribution in [0, 0.1) is 11.7 Å². The zero-order valence-corrected chi connectivity index (χ0v) is 11.5. The highest BCUT2D eigenvalue weighted by Gasteiger charge is 2.19. The lowest BCUT2D eigenvalue weighted by Gasteiger charge is -2.32. The molecule has 1 nitrogen and oxygen atoms in total. The highest BCUT2D eigenvalue weighted by Crippen LogP contribution is 2.22. The van der Waals surface area contributed by atoms with E-state index in [1.54, 1.807) is 6.07 Å². The molecule has 0 bridgehead atoms. The molecule has 1 saturated heterocycles. The van der Waals surface area contributed by atoms with Crippen LogP contribution in [0.4, 0.5) is 8.78 Å². The Morgan fingerprint density at radius 1 is 1.26 bits per heavy atom. The van der Waals surface area contributed by atoms with Gasteiger partial charge in [-0.3, -0.25) is 4.39 Å². The molecule has 106 valence electrons. The topological polar surface area (TPSA) is 3.24 Å². The van der Waals surface area contributed by atoms with E-state index in [0.717, 1.165) is 38.0 Å². The standard InChI is InChI=1S/C16H23F2N/c17-10-4-12-19-11-3-5-14(13-19)8-9-15-6-1-2-7-16(15)18/h1-2,6-7,14H,3-5,8-13H2/t14-/m0/s1. The molecule has 1 atom stereocenters. The predicted molar refractivity (Wildman–Crippen MR) is 74.5 cm³/mol. The molecular formula is C16H23F2N. The number of aryl methyl sites for hydroxylation is 1. The first-order chi connectivity index (χ1) is 9.29. The highest BCUT2D eigenvalue weighted by molar-refractivity contribution is 5.17. The number of piperidine rings is 1. The van der Waals surface area contributed by atoms with Crippen molar-refractivity contribution in [3.8, 4) is 0 Å². The minimum absolute atomic E-state index is 0.0902. The third-order valence-electron chi connectivity index (χ3n) is 3.99. The Hall–Kier alpha value is -0.960. The summed E-state index contributed by atoms with van der Waals surface area (Å²) in [5.41, 5.74) is 0.823. The van der Waals surface area contributed by atoms with Gasteiger partial charge in [0.15, 0.2) is 0 Å². The van der Waals surface area contributed by atoms with E-state index in [4.69, 9.17) is 0 Å². The zero-order valence-electron chi connectivity index (χ0n) is 11.5. The number of benzene rings is 1. The molecule has 1 aromatic carbocycles. The van der Waals surface area contributed by atoms with Crippen molar-refractivity contribution in [3.05, 3.63) is 35.6 Å². The second-order valence-electron chi connectivity index (χ2n) is 5.48. The second kappa shape index (κ2) is 7.59. The summed E-state index contributed by atoms with van der Waals surface area (Å²) in [7, 11) is 0. The van der Waals surface area contributed by atoms with Crippen molar-refractivity contribution in [2.24, 2.45) is 5.92 Å². The second-order valence-corrected chi connectivity index (χ2v) is 5.48. The normalized spacial score (nSPS) is 20.6. The summed E-state index contributed by atoms with van der Waals surface area (Å²) in [5.74, 6) is 0.542. The molecule has 0 aliphatic carbocycles. The van der Waals surface area contributed by atoms with Crippen LogP contribution >= 0.6 is 0 Å². The fourth-order valence-corrected chi connectivity index (χ4v) is 2.93. The molecule has 1 aliphatic heterocycles. The van der Waals surface area contributed by atoms with Crippen LogP contribution in [0.15, 0.2) is 24.3 Å². The number of alkyl halides is 1. The number of nitrogens with zero attached hydrogens (tertiary/aromatic N) is 1. The van der Waals surface area contributed by atoms with Crippen molar-refractivity contribution >= 4 is 0 Å². The Morgan fingerprint density at radius 2 is 2.11 bits per heavy atom. The molecule has 1 heterocycles. The molecule has 3 heteroatoms. The van der Waals surface area contributed by atoms with Crippen molar-refractivity contribution < 1.29 is 8.78 Å². The molecule has 1 fully saturated rings. The Kier molecular flexibility index (Phi) is 5.77. The van der Waals surface area contributed by atoms with Gasteiger partial charge < -0.3 is 4.90 Å². The molecule has 1 aromatic rings. The molecule has 1 aliphatic rings. The first-order valence-electron chi connectivity index (χ1n) is 7.31. The van der Waals surface area contributed by atoms with E-state index >= 15 is 0 Å². The number of rotatable bonds is 6. The van der Waals surface area contributed by atoms with E-state index in [1.807, 2.05) is 12.1 Å². The number of hydrogen-bond acceptors (Lipinski definition) is 1. The third kappa shape index (κ3) is 4.57. The number of hydrogen-bond donors (Lipinski definition) is 0. The predicted octanol–water partition coefficient (Wildman–Crippen LogP) is 3.83. The summed E-state index contributed by atoms with van der Waals surface area (Å²) >= 11 is 0. The largest absolute Gasteiger partial charge is 0.303 e. The molecule has 0 spiro atoms. The Morgan fingerprint density at radius 3 is 2.89 bits per heavy atom. The maximum Gasteiger partial charge on any atom is 0.126 e. The molecule has 0 radical (unpaired) electrons. The summed E-state index contributed by atoms with van der Waals surface area (Å²) in [6, 6.07) is 7.04. The molecule has 2 rings (SSSR count). The van der Waals surface area contributed by atoms with Gasteiger partial charge in [-0.25, -0.2) is 4.39 Å². The van der Waals surface area contributed by atoms with Crippen molar-refractivity contribution in [1.29, 1.82) is 0 Å². The van der Waals surface area contributed by atoms with Crippen LogP contribution in [0.3, 0.4) is 0 Å². The number of likely N-dealkylation sites (tertiary alicyclic amines) is 1. The quantitative estimate of drug-likeness (QED) is 0.757. The van der Waals surface area contributed by atoms with Gasteiger partial charge >= 0.3 is 0 Å². The van der Waals surface area contributed by atoms with Crippen LogP contribution in [0.1, 0.15) is 31.2 Å². The molecule has 0 unspecified atom stereocenters. The third-order valence-corrected chi connectivity index (χ3v) is 3.99. The van der Waals surface area contributed by atoms with Crippen molar-refractivity contribution in [2.45, 2.75) is 32.1 Å². The lowest BCUT2D eigenvalue weighted by molar-refractivity contribution is 0.163. The van der Waals surface area contributed by atoms with E-state index in [9.17, 15) is 8.78 Å². The molecule has 0 saturated carbocycles. The van der Waals surface area contributed by atoms with E-state index in [-0.39, 0.29) is 12.5 Å². The maximum absolute atomic E-state index is 13.5. The maximum atomic E-state index is 13.5. The molecule has 0 N–H and O–H groups in total. The molecule has 0 aromatic heterocycles. The average molecular weight is 267 g/mol. The highest BCUT2D eigenvalue weighted by atomic mass is 19.1. The summed E-state index contributed by atoms with van der Waals surface area (Å²) < 4.78 is 25.7. The fourth-order valence-electron chi connectivity index (χ4n) is 2.93. The van der Waals surface area contributed by atoms with Crippen LogP contribution in [0.2, 0.25) is 0 Å². The smallest absolute Gasteiger partial charge is 0.126 e. The lowest BCUT2D eigenvalue weighted by atomic mass is 9.91. The Balaban J connectivity index is 1.78. The van der Waals surface area contributed by atoms with E-state index in [0.29, 0.717) is 12.3 Å². The minimum Gasteiger partial charge on any atom is -0.303 e. The lowest BCUT2D eigenvalue weighted by Crippen LogP contribution is -2.36. The van der Waals surface area contributed by atoms with Crippen molar-refractivity contribution in [2.75, 3.05) is 26.3 Å². The average Bonchev–Trinajstić information content (AvgIpc) is 2.45. The van der Waals surface area contributed by atoms with E-state index < -0.39 is 0 Å². The summed E-state index contributed by atoms with van der Waals surface area (Å²) in [6.07, 6.45) is 4.90. The first-order valence-corrected chi connectivity index (χ1v) is 7.31. The first kappa shape index (κ1) is 14.4. The van der Waals surface area contributed by atoms with Gasteiger partial charge in [-0.05, 0) is 56.2 Å². The van der Waals surface area contributed by atoms with Gasteiger partial charge in [0.1, 0.15) is 5.82 Å². The van der Waals surface area contributed by atoms with Crippen LogP contribution in [-0.4, -0.2) is 31.2 Å². The van der Waals surface area contributed by atoms with Gasteiger partial charge in [0.05, 0.1) is 6.67 Å². The van der Waals surface area contributed by atoms with Crippen LogP contribution in [-0.2, 0) is 6.42 Å². The zero-order chi connectivity index (χ0) is 13.5. The van der Waals surface area contributed by atoms with Crippen molar-refractivity contribution in [1.82, 2.24) is 4.90 Å². The van der Waals surface area contributed by atoms with E-state index in [2.05, 4.69) is 4.90 Å². The van der Waals surface area contributed by atoms with Crippen LogP contribution in [0.5, 0.6) is 0 Å². The van der Waals surface area contributed by atoms with Crippen LogP contribution < -0.4 is 0 Å². The van der Waals surface area contributed by atoms with Crippen molar-refractivity contribution in [3.63, 3.8) is 0 Å². The fraction of sp³-hybridized carbons (Fsp3) is 0.625. The Labute approximate surface area is 114 Å². The SMILES string of the molecule is FCCCN1CCC[C@@H](CCc2ccccc2F)C1. The molecular weight excluding hydrogens is 244 g/mol. The summed E-state index contributed by atoms with van der Waals surface area (Å²) in [5, 5.41) is 0. The van der Waals surface area contributed by atoms with Gasteiger partial charge in [-0.1, -0.05) is 18.2 Å². The monoisotopic (exact) mass is 267 g/mol. The minimum atomic E-state index is -0.226. The van der Waals surface area contributed by atoms with Gasteiger partial charge in [0.2, 0.25) is 0 Å².